The summed E-state index contributed by atoms with van der Waals surface area (Å²) < 4.78 is 18.1. The largest absolute Gasteiger partial charge is 0.387 e. The third kappa shape index (κ3) is 3.83. The maximum absolute atomic E-state index is 12.9. The minimum absolute atomic E-state index is 0.179. The van der Waals surface area contributed by atoms with Crippen molar-refractivity contribution in [2.45, 2.75) is 13.5 Å². The Bertz CT molecular complexity index is 795. The topological polar surface area (TPSA) is 47.6 Å². The number of rotatable bonds is 5. The predicted octanol–water partition coefficient (Wildman–Crippen LogP) is 4.42. The number of nitrogens with zero attached hydrogens (tertiary/aromatic N) is 2. The van der Waals surface area contributed by atoms with Crippen LogP contribution in [-0.2, 0) is 11.4 Å². The minimum Gasteiger partial charge on any atom is -0.387 e. The van der Waals surface area contributed by atoms with Crippen LogP contribution < -0.4 is 0 Å². The molecule has 0 fully saturated rings. The van der Waals surface area contributed by atoms with Crippen molar-refractivity contribution in [3.63, 3.8) is 0 Å². The molecule has 0 aliphatic rings. The van der Waals surface area contributed by atoms with Gasteiger partial charge in [0.1, 0.15) is 11.5 Å². The number of benzene rings is 2. The molecule has 0 atom stereocenters. The van der Waals surface area contributed by atoms with E-state index >= 15 is 0 Å². The maximum atomic E-state index is 12.9. The van der Waals surface area contributed by atoms with Crippen LogP contribution in [0.5, 0.6) is 0 Å². The summed E-state index contributed by atoms with van der Waals surface area (Å²) in [5.41, 5.74) is 3.19. The highest BCUT2D eigenvalue weighted by molar-refractivity contribution is 5.98. The van der Waals surface area contributed by atoms with Gasteiger partial charge in [-0.15, -0.1) is 0 Å². The van der Waals surface area contributed by atoms with Gasteiger partial charge in [-0.25, -0.2) is 4.39 Å². The smallest absolute Gasteiger partial charge is 0.177 e. The van der Waals surface area contributed by atoms with Gasteiger partial charge in [0.2, 0.25) is 0 Å². The van der Waals surface area contributed by atoms with Crippen LogP contribution in [0.15, 0.2) is 70.3 Å². The van der Waals surface area contributed by atoms with Gasteiger partial charge < -0.3 is 9.36 Å². The first kappa shape index (κ1) is 15.0. The lowest BCUT2D eigenvalue weighted by molar-refractivity contribution is 0.109. The van der Waals surface area contributed by atoms with Gasteiger partial charge in [0.25, 0.3) is 0 Å². The predicted molar refractivity (Wildman–Crippen MR) is 85.3 cm³/mol. The van der Waals surface area contributed by atoms with E-state index in [1.807, 2.05) is 37.3 Å². The van der Waals surface area contributed by atoms with Crippen LogP contribution in [-0.4, -0.2) is 10.9 Å². The molecule has 1 aromatic heterocycles. The van der Waals surface area contributed by atoms with Crippen molar-refractivity contribution in [2.75, 3.05) is 0 Å². The molecule has 0 saturated carbocycles. The lowest BCUT2D eigenvalue weighted by Gasteiger charge is -2.00. The average Bonchev–Trinajstić information content (AvgIpc) is 3.05. The lowest BCUT2D eigenvalue weighted by atomic mass is 10.1. The molecule has 116 valence electrons. The molecule has 2 aromatic carbocycles. The lowest BCUT2D eigenvalue weighted by Crippen LogP contribution is -1.95. The van der Waals surface area contributed by atoms with E-state index in [2.05, 4.69) is 10.3 Å². The number of hydrogen-bond donors (Lipinski definition) is 0. The summed E-state index contributed by atoms with van der Waals surface area (Å²) >= 11 is 0. The zero-order valence-corrected chi connectivity index (χ0v) is 12.6. The number of halogens is 1. The Morgan fingerprint density at radius 2 is 1.87 bits per heavy atom. The van der Waals surface area contributed by atoms with E-state index in [1.54, 1.807) is 18.2 Å². The Balaban J connectivity index is 1.62. The first-order chi connectivity index (χ1) is 11.2. The van der Waals surface area contributed by atoms with Crippen molar-refractivity contribution in [3.05, 3.63) is 77.8 Å². The second-order valence-electron chi connectivity index (χ2n) is 5.00. The molecule has 4 nitrogen and oxygen atoms in total. The van der Waals surface area contributed by atoms with Crippen LogP contribution in [0.3, 0.4) is 0 Å². The van der Waals surface area contributed by atoms with E-state index in [0.717, 1.165) is 16.8 Å². The molecule has 0 radical (unpaired) electrons. The molecule has 0 aliphatic carbocycles. The molecule has 3 rings (SSSR count). The number of hydrogen-bond acceptors (Lipinski definition) is 4. The van der Waals surface area contributed by atoms with Crippen molar-refractivity contribution in [3.8, 4) is 11.3 Å². The summed E-state index contributed by atoms with van der Waals surface area (Å²) in [5.74, 6) is 0.264. The summed E-state index contributed by atoms with van der Waals surface area (Å²) in [6, 6.07) is 17.6. The fourth-order valence-electron chi connectivity index (χ4n) is 2.06. The van der Waals surface area contributed by atoms with E-state index < -0.39 is 0 Å². The average molecular weight is 310 g/mol. The SMILES string of the molecule is C/C(=N\OCc1cc(-c2ccc(F)cc2)no1)c1ccccc1. The molecule has 0 amide bonds. The van der Waals surface area contributed by atoms with Crippen molar-refractivity contribution >= 4 is 5.71 Å². The van der Waals surface area contributed by atoms with E-state index in [9.17, 15) is 4.39 Å². The zero-order valence-electron chi connectivity index (χ0n) is 12.6. The number of aromatic nitrogens is 1. The van der Waals surface area contributed by atoms with Gasteiger partial charge in [0.05, 0.1) is 5.71 Å². The quantitative estimate of drug-likeness (QED) is 0.517. The standard InChI is InChI=1S/C18H15FN2O2/c1-13(14-5-3-2-4-6-14)20-22-12-17-11-18(21-23-17)15-7-9-16(19)10-8-15/h2-11H,12H2,1H3/b20-13+. The molecular weight excluding hydrogens is 295 g/mol. The normalized spacial score (nSPS) is 11.5. The van der Waals surface area contributed by atoms with Gasteiger partial charge >= 0.3 is 0 Å². The molecule has 0 aliphatic heterocycles. The molecule has 0 bridgehead atoms. The van der Waals surface area contributed by atoms with E-state index in [4.69, 9.17) is 9.36 Å². The van der Waals surface area contributed by atoms with Crippen LogP contribution in [0.25, 0.3) is 11.3 Å². The third-order valence-electron chi connectivity index (χ3n) is 3.30. The summed E-state index contributed by atoms with van der Waals surface area (Å²) in [6.45, 7) is 2.05. The minimum atomic E-state index is -0.286. The monoisotopic (exact) mass is 310 g/mol. The zero-order chi connectivity index (χ0) is 16.1. The van der Waals surface area contributed by atoms with Crippen LogP contribution >= 0.6 is 0 Å². The molecule has 23 heavy (non-hydrogen) atoms. The molecule has 0 spiro atoms. The van der Waals surface area contributed by atoms with Crippen LogP contribution in [0.4, 0.5) is 4.39 Å². The van der Waals surface area contributed by atoms with Crippen molar-refractivity contribution in [1.29, 1.82) is 0 Å². The van der Waals surface area contributed by atoms with Crippen molar-refractivity contribution in [1.82, 2.24) is 5.16 Å². The van der Waals surface area contributed by atoms with Crippen LogP contribution in [0.2, 0.25) is 0 Å². The van der Waals surface area contributed by atoms with Crippen molar-refractivity contribution in [2.24, 2.45) is 5.16 Å². The van der Waals surface area contributed by atoms with Crippen LogP contribution in [0.1, 0.15) is 18.2 Å². The van der Waals surface area contributed by atoms with Gasteiger partial charge in [-0.2, -0.15) is 0 Å². The molecular formula is C18H15FN2O2. The second-order valence-corrected chi connectivity index (χ2v) is 5.00. The van der Waals surface area contributed by atoms with Crippen LogP contribution in [0, 0.1) is 5.82 Å². The summed E-state index contributed by atoms with van der Waals surface area (Å²) in [6.07, 6.45) is 0. The van der Waals surface area contributed by atoms with E-state index in [0.29, 0.717) is 11.5 Å². The number of oxime groups is 1. The Kier molecular flexibility index (Phi) is 4.47. The van der Waals surface area contributed by atoms with Gasteiger partial charge in [0.15, 0.2) is 12.4 Å². The second kappa shape index (κ2) is 6.87. The third-order valence-corrected chi connectivity index (χ3v) is 3.30. The summed E-state index contributed by atoms with van der Waals surface area (Å²) in [4.78, 5) is 5.30. The Hall–Kier alpha value is -2.95. The fourth-order valence-corrected chi connectivity index (χ4v) is 2.06. The Morgan fingerprint density at radius 3 is 2.61 bits per heavy atom. The Labute approximate surface area is 133 Å². The van der Waals surface area contributed by atoms with Gasteiger partial charge in [-0.1, -0.05) is 40.6 Å². The van der Waals surface area contributed by atoms with Gasteiger partial charge in [0, 0.05) is 11.6 Å². The summed E-state index contributed by atoms with van der Waals surface area (Å²) in [7, 11) is 0. The van der Waals surface area contributed by atoms with E-state index in [-0.39, 0.29) is 12.4 Å². The molecule has 5 heteroatoms. The van der Waals surface area contributed by atoms with Gasteiger partial charge in [-0.3, -0.25) is 0 Å². The van der Waals surface area contributed by atoms with Gasteiger partial charge in [-0.05, 0) is 36.8 Å². The van der Waals surface area contributed by atoms with E-state index in [1.165, 1.54) is 12.1 Å². The van der Waals surface area contributed by atoms with Crippen molar-refractivity contribution < 1.29 is 13.8 Å². The molecule has 0 N–H and O–H groups in total. The maximum Gasteiger partial charge on any atom is 0.177 e. The summed E-state index contributed by atoms with van der Waals surface area (Å²) in [5, 5.41) is 8.01. The Morgan fingerprint density at radius 1 is 1.13 bits per heavy atom. The molecule has 1 heterocycles. The highest BCUT2D eigenvalue weighted by Gasteiger charge is 2.07. The first-order valence-corrected chi connectivity index (χ1v) is 7.16. The fraction of sp³-hybridized carbons (Fsp3) is 0.111. The molecule has 3 aromatic rings. The molecule has 0 unspecified atom stereocenters. The highest BCUT2D eigenvalue weighted by atomic mass is 19.1. The highest BCUT2D eigenvalue weighted by Crippen LogP contribution is 2.19. The molecule has 0 saturated heterocycles. The first-order valence-electron chi connectivity index (χ1n) is 7.16.